The number of rotatable bonds is 4. The first-order valence-electron chi connectivity index (χ1n) is 5.72. The zero-order valence-electron chi connectivity index (χ0n) is 10.5. The topological polar surface area (TPSA) is 55.0 Å². The van der Waals surface area contributed by atoms with Crippen LogP contribution in [0.25, 0.3) is 0 Å². The van der Waals surface area contributed by atoms with Gasteiger partial charge >= 0.3 is 0 Å². The third-order valence-corrected chi connectivity index (χ3v) is 4.06. The lowest BCUT2D eigenvalue weighted by Gasteiger charge is -2.07. The van der Waals surface area contributed by atoms with Gasteiger partial charge in [0.05, 0.1) is 17.3 Å². The Kier molecular flexibility index (Phi) is 5.11. The highest BCUT2D eigenvalue weighted by molar-refractivity contribution is 14.1. The molecule has 0 saturated carbocycles. The summed E-state index contributed by atoms with van der Waals surface area (Å²) < 4.78 is 19.3. The molecule has 0 unspecified atom stereocenters. The summed E-state index contributed by atoms with van der Waals surface area (Å²) in [5.41, 5.74) is 0.657. The molecule has 7 heteroatoms. The molecule has 0 saturated heterocycles. The van der Waals surface area contributed by atoms with Gasteiger partial charge in [-0.2, -0.15) is 0 Å². The Morgan fingerprint density at radius 3 is 2.95 bits per heavy atom. The molecule has 1 aromatic heterocycles. The number of aromatic nitrogens is 2. The molecule has 1 aromatic carbocycles. The van der Waals surface area contributed by atoms with Crippen LogP contribution in [0.1, 0.15) is 17.1 Å². The number of nitrogens with zero attached hydrogens (tertiary/aromatic N) is 1. The van der Waals surface area contributed by atoms with Crippen molar-refractivity contribution in [2.75, 3.05) is 7.11 Å². The van der Waals surface area contributed by atoms with Gasteiger partial charge in [-0.15, -0.1) is 0 Å². The van der Waals surface area contributed by atoms with Gasteiger partial charge in [0.2, 0.25) is 0 Å². The van der Waals surface area contributed by atoms with Crippen LogP contribution in [0.2, 0.25) is 5.02 Å². The Morgan fingerprint density at radius 1 is 1.50 bits per heavy atom. The van der Waals surface area contributed by atoms with Crippen LogP contribution in [0.15, 0.2) is 23.0 Å². The first kappa shape index (κ1) is 15.4. The number of hydrogen-bond acceptors (Lipinski definition) is 3. The van der Waals surface area contributed by atoms with Crippen LogP contribution in [0.4, 0.5) is 4.39 Å². The molecule has 0 fully saturated rings. The summed E-state index contributed by atoms with van der Waals surface area (Å²) in [6, 6.07) is 4.73. The number of aromatic amines is 1. The van der Waals surface area contributed by atoms with Crippen LogP contribution in [0, 0.1) is 9.39 Å². The van der Waals surface area contributed by atoms with Crippen LogP contribution < -0.4 is 5.56 Å². The molecule has 0 aliphatic rings. The second-order valence-corrected chi connectivity index (χ2v) is 5.58. The molecule has 2 rings (SSSR count). The minimum atomic E-state index is -0.497. The van der Waals surface area contributed by atoms with Crippen LogP contribution in [-0.2, 0) is 17.8 Å². The van der Waals surface area contributed by atoms with Crippen LogP contribution >= 0.6 is 34.2 Å². The van der Waals surface area contributed by atoms with E-state index in [2.05, 4.69) is 9.97 Å². The van der Waals surface area contributed by atoms with Gasteiger partial charge in [-0.3, -0.25) is 4.79 Å². The van der Waals surface area contributed by atoms with E-state index in [9.17, 15) is 9.18 Å². The van der Waals surface area contributed by atoms with Gasteiger partial charge in [0, 0.05) is 13.5 Å². The molecular weight excluding hydrogens is 398 g/mol. The quantitative estimate of drug-likeness (QED) is 0.792. The van der Waals surface area contributed by atoms with E-state index < -0.39 is 5.82 Å². The number of benzene rings is 1. The Balaban J connectivity index is 2.39. The Bertz CT molecular complexity index is 691. The lowest BCUT2D eigenvalue weighted by molar-refractivity contribution is 0.180. The summed E-state index contributed by atoms with van der Waals surface area (Å²) in [6.45, 7) is 0.229. The van der Waals surface area contributed by atoms with Gasteiger partial charge in [-0.1, -0.05) is 23.7 Å². The Labute approximate surface area is 133 Å². The summed E-state index contributed by atoms with van der Waals surface area (Å²) in [6.07, 6.45) is 0.162. The SMILES string of the molecule is COCc1nc(Cc2cccc(Cl)c2F)[nH]c(=O)c1I. The molecule has 0 atom stereocenters. The maximum absolute atomic E-state index is 13.8. The Hall–Kier alpha value is -0.990. The highest BCUT2D eigenvalue weighted by Gasteiger charge is 2.12. The standard InChI is InChI=1S/C13H11ClFIN2O2/c1-20-6-9-12(16)13(19)18-10(17-9)5-7-3-2-4-8(14)11(7)15/h2-4H,5-6H2,1H3,(H,17,18,19). The zero-order chi connectivity index (χ0) is 14.7. The van der Waals surface area contributed by atoms with E-state index in [1.807, 2.05) is 22.6 Å². The number of hydrogen-bond donors (Lipinski definition) is 1. The molecule has 4 nitrogen and oxygen atoms in total. The fourth-order valence-corrected chi connectivity index (χ4v) is 2.34. The van der Waals surface area contributed by atoms with E-state index in [-0.39, 0.29) is 23.6 Å². The maximum atomic E-state index is 13.8. The molecular formula is C13H11ClFIN2O2. The molecule has 0 amide bonds. The van der Waals surface area contributed by atoms with Crippen molar-refractivity contribution in [3.63, 3.8) is 0 Å². The normalized spacial score (nSPS) is 10.8. The number of methoxy groups -OCH3 is 1. The van der Waals surface area contributed by atoms with Crippen molar-refractivity contribution in [3.8, 4) is 0 Å². The molecule has 2 aromatic rings. The second-order valence-electron chi connectivity index (χ2n) is 4.10. The minimum Gasteiger partial charge on any atom is -0.378 e. The number of halogens is 3. The van der Waals surface area contributed by atoms with Gasteiger partial charge in [0.25, 0.3) is 5.56 Å². The average Bonchev–Trinajstić information content (AvgIpc) is 2.41. The first-order chi connectivity index (χ1) is 9.52. The van der Waals surface area contributed by atoms with E-state index in [4.69, 9.17) is 16.3 Å². The van der Waals surface area contributed by atoms with Crippen LogP contribution in [-0.4, -0.2) is 17.1 Å². The molecule has 1 heterocycles. The predicted molar refractivity (Wildman–Crippen MR) is 82.5 cm³/mol. The summed E-state index contributed by atoms with van der Waals surface area (Å²) in [4.78, 5) is 18.7. The fourth-order valence-electron chi connectivity index (χ4n) is 1.74. The molecule has 0 aliphatic carbocycles. The molecule has 0 aliphatic heterocycles. The van der Waals surface area contributed by atoms with Crippen molar-refractivity contribution in [3.05, 3.63) is 60.0 Å². The summed E-state index contributed by atoms with van der Waals surface area (Å²) in [7, 11) is 1.52. The second kappa shape index (κ2) is 6.64. The summed E-state index contributed by atoms with van der Waals surface area (Å²) >= 11 is 7.64. The third-order valence-electron chi connectivity index (χ3n) is 2.65. The van der Waals surface area contributed by atoms with E-state index in [1.165, 1.54) is 13.2 Å². The molecule has 20 heavy (non-hydrogen) atoms. The van der Waals surface area contributed by atoms with Gasteiger partial charge in [-0.05, 0) is 34.2 Å². The minimum absolute atomic E-state index is 0.0486. The molecule has 0 bridgehead atoms. The molecule has 0 radical (unpaired) electrons. The van der Waals surface area contributed by atoms with Gasteiger partial charge < -0.3 is 9.72 Å². The molecule has 106 valence electrons. The van der Waals surface area contributed by atoms with Crippen molar-refractivity contribution in [1.29, 1.82) is 0 Å². The van der Waals surface area contributed by atoms with Gasteiger partial charge in [-0.25, -0.2) is 9.37 Å². The first-order valence-corrected chi connectivity index (χ1v) is 7.18. The number of nitrogens with one attached hydrogen (secondary N) is 1. The van der Waals surface area contributed by atoms with Crippen molar-refractivity contribution in [2.45, 2.75) is 13.0 Å². The van der Waals surface area contributed by atoms with Crippen LogP contribution in [0.3, 0.4) is 0 Å². The van der Waals surface area contributed by atoms with Crippen molar-refractivity contribution in [1.82, 2.24) is 9.97 Å². The third kappa shape index (κ3) is 3.36. The zero-order valence-corrected chi connectivity index (χ0v) is 13.5. The number of ether oxygens (including phenoxy) is 1. The average molecular weight is 409 g/mol. The largest absolute Gasteiger partial charge is 0.378 e. The monoisotopic (exact) mass is 408 g/mol. The van der Waals surface area contributed by atoms with Gasteiger partial charge in [0.1, 0.15) is 15.2 Å². The summed E-state index contributed by atoms with van der Waals surface area (Å²) in [5.74, 6) is -0.118. The fraction of sp³-hybridized carbons (Fsp3) is 0.231. The lowest BCUT2D eigenvalue weighted by Crippen LogP contribution is -2.19. The van der Waals surface area contributed by atoms with E-state index in [1.54, 1.807) is 12.1 Å². The highest BCUT2D eigenvalue weighted by atomic mass is 127. The smallest absolute Gasteiger partial charge is 0.264 e. The predicted octanol–water partition coefficient (Wildman–Crippen LogP) is 2.90. The van der Waals surface area contributed by atoms with Crippen molar-refractivity contribution >= 4 is 34.2 Å². The maximum Gasteiger partial charge on any atom is 0.264 e. The van der Waals surface area contributed by atoms with Gasteiger partial charge in [0.15, 0.2) is 0 Å². The van der Waals surface area contributed by atoms with E-state index >= 15 is 0 Å². The van der Waals surface area contributed by atoms with Crippen LogP contribution in [0.5, 0.6) is 0 Å². The molecule has 1 N–H and O–H groups in total. The van der Waals surface area contributed by atoms with Crippen molar-refractivity contribution < 1.29 is 9.13 Å². The van der Waals surface area contributed by atoms with E-state index in [0.29, 0.717) is 20.7 Å². The summed E-state index contributed by atoms with van der Waals surface area (Å²) in [5, 5.41) is 0.0486. The Morgan fingerprint density at radius 2 is 2.25 bits per heavy atom. The number of H-pyrrole nitrogens is 1. The molecule has 0 spiro atoms. The van der Waals surface area contributed by atoms with E-state index in [0.717, 1.165) is 0 Å². The lowest BCUT2D eigenvalue weighted by atomic mass is 10.1. The highest BCUT2D eigenvalue weighted by Crippen LogP contribution is 2.19. The van der Waals surface area contributed by atoms with Crippen molar-refractivity contribution in [2.24, 2.45) is 0 Å².